The second kappa shape index (κ2) is 4.80. The fourth-order valence-electron chi connectivity index (χ4n) is 1.95. The number of carboxylic acid groups (broad SMARTS) is 1. The first-order valence-corrected chi connectivity index (χ1v) is 6.13. The van der Waals surface area contributed by atoms with Gasteiger partial charge in [-0.25, -0.2) is 4.79 Å². The number of hydrogen-bond acceptors (Lipinski definition) is 3. The molecule has 18 heavy (non-hydrogen) atoms. The second-order valence-corrected chi connectivity index (χ2v) is 4.61. The highest BCUT2D eigenvalue weighted by Gasteiger charge is 2.35. The monoisotopic (exact) mass is 251 g/mol. The molecule has 1 amide bonds. The number of hydrogen-bond donors (Lipinski definition) is 1. The van der Waals surface area contributed by atoms with Crippen LogP contribution in [0.3, 0.4) is 0 Å². The summed E-state index contributed by atoms with van der Waals surface area (Å²) in [6, 6.07) is 0. The molecule has 1 aliphatic carbocycles. The molecule has 0 radical (unpaired) electrons. The van der Waals surface area contributed by atoms with Gasteiger partial charge in [0.1, 0.15) is 0 Å². The largest absolute Gasteiger partial charge is 0.476 e. The van der Waals surface area contributed by atoms with Crippen molar-refractivity contribution >= 4 is 17.6 Å². The Hall–Kier alpha value is -1.85. The Morgan fingerprint density at radius 1 is 1.56 bits per heavy atom. The van der Waals surface area contributed by atoms with Crippen LogP contribution < -0.4 is 4.90 Å². The van der Waals surface area contributed by atoms with E-state index in [1.54, 1.807) is 18.1 Å². The Morgan fingerprint density at radius 3 is 2.72 bits per heavy atom. The van der Waals surface area contributed by atoms with Gasteiger partial charge in [-0.2, -0.15) is 5.10 Å². The lowest BCUT2D eigenvalue weighted by atomic mass is 10.2. The van der Waals surface area contributed by atoms with Gasteiger partial charge in [0.25, 0.3) is 0 Å². The Bertz CT molecular complexity index is 477. The van der Waals surface area contributed by atoms with Crippen molar-refractivity contribution in [1.29, 1.82) is 0 Å². The summed E-state index contributed by atoms with van der Waals surface area (Å²) in [5, 5.41) is 13.0. The third-order valence-electron chi connectivity index (χ3n) is 2.94. The number of amides is 1. The number of aromatic carboxylic acids is 1. The maximum atomic E-state index is 12.2. The molecule has 0 unspecified atom stereocenters. The average Bonchev–Trinajstić information content (AvgIpc) is 3.08. The van der Waals surface area contributed by atoms with Crippen molar-refractivity contribution in [3.63, 3.8) is 0 Å². The summed E-state index contributed by atoms with van der Waals surface area (Å²) in [4.78, 5) is 24.9. The number of carboxylic acids is 1. The summed E-state index contributed by atoms with van der Waals surface area (Å²) in [5.41, 5.74) is 0.351. The van der Waals surface area contributed by atoms with Crippen LogP contribution in [0.4, 0.5) is 5.69 Å². The van der Waals surface area contributed by atoms with E-state index in [4.69, 9.17) is 5.11 Å². The van der Waals surface area contributed by atoms with Crippen LogP contribution >= 0.6 is 0 Å². The van der Waals surface area contributed by atoms with Crippen LogP contribution in [0, 0.1) is 5.92 Å². The molecule has 2 rings (SSSR count). The van der Waals surface area contributed by atoms with Gasteiger partial charge in [0.2, 0.25) is 5.91 Å². The van der Waals surface area contributed by atoms with Gasteiger partial charge in [0.15, 0.2) is 5.69 Å². The minimum atomic E-state index is -1.10. The highest BCUT2D eigenvalue weighted by Crippen LogP contribution is 2.33. The molecule has 0 bridgehead atoms. The van der Waals surface area contributed by atoms with Crippen LogP contribution in [0.1, 0.15) is 36.7 Å². The first-order chi connectivity index (χ1) is 8.54. The van der Waals surface area contributed by atoms with Gasteiger partial charge < -0.3 is 10.0 Å². The zero-order chi connectivity index (χ0) is 13.3. The van der Waals surface area contributed by atoms with Gasteiger partial charge in [-0.05, 0) is 19.3 Å². The number of aromatic nitrogens is 2. The fourth-order valence-corrected chi connectivity index (χ4v) is 1.95. The lowest BCUT2D eigenvalue weighted by molar-refractivity contribution is -0.119. The molecule has 1 aromatic rings. The Kier molecular flexibility index (Phi) is 3.36. The topological polar surface area (TPSA) is 75.4 Å². The van der Waals surface area contributed by atoms with Gasteiger partial charge in [-0.3, -0.25) is 9.48 Å². The zero-order valence-electron chi connectivity index (χ0n) is 10.6. The third kappa shape index (κ3) is 2.37. The first-order valence-electron chi connectivity index (χ1n) is 6.13. The van der Waals surface area contributed by atoms with Crippen molar-refractivity contribution in [3.05, 3.63) is 11.9 Å². The minimum Gasteiger partial charge on any atom is -0.476 e. The number of rotatable bonds is 5. The van der Waals surface area contributed by atoms with Crippen molar-refractivity contribution in [1.82, 2.24) is 9.78 Å². The van der Waals surface area contributed by atoms with Crippen molar-refractivity contribution in [3.8, 4) is 0 Å². The quantitative estimate of drug-likeness (QED) is 0.855. The van der Waals surface area contributed by atoms with E-state index in [0.29, 0.717) is 12.2 Å². The maximum Gasteiger partial charge on any atom is 0.358 e. The summed E-state index contributed by atoms with van der Waals surface area (Å²) in [6.45, 7) is 2.49. The molecular formula is C12H17N3O3. The zero-order valence-corrected chi connectivity index (χ0v) is 10.6. The molecule has 1 aliphatic rings. The van der Waals surface area contributed by atoms with E-state index in [9.17, 15) is 9.59 Å². The molecule has 0 aliphatic heterocycles. The van der Waals surface area contributed by atoms with Gasteiger partial charge in [-0.15, -0.1) is 0 Å². The molecule has 0 saturated heterocycles. The summed E-state index contributed by atoms with van der Waals surface area (Å²) in [5.74, 6) is -1.01. The average molecular weight is 251 g/mol. The Morgan fingerprint density at radius 2 is 2.22 bits per heavy atom. The van der Waals surface area contributed by atoms with Crippen LogP contribution in [0.2, 0.25) is 0 Å². The van der Waals surface area contributed by atoms with Crippen LogP contribution in [-0.2, 0) is 11.8 Å². The van der Waals surface area contributed by atoms with Crippen LogP contribution in [0.5, 0.6) is 0 Å². The van der Waals surface area contributed by atoms with E-state index in [0.717, 1.165) is 19.3 Å². The maximum absolute atomic E-state index is 12.2. The lowest BCUT2D eigenvalue weighted by Crippen LogP contribution is -2.33. The Labute approximate surface area is 105 Å². The molecule has 1 N–H and O–H groups in total. The summed E-state index contributed by atoms with van der Waals surface area (Å²) < 4.78 is 1.43. The second-order valence-electron chi connectivity index (χ2n) is 4.61. The molecule has 6 nitrogen and oxygen atoms in total. The molecule has 1 fully saturated rings. The first kappa shape index (κ1) is 12.6. The normalized spacial score (nSPS) is 14.6. The van der Waals surface area contributed by atoms with Crippen molar-refractivity contribution in [2.75, 3.05) is 11.4 Å². The SMILES string of the molecule is CCCN(C(=O)C1CC1)c1cn(C)nc1C(=O)O. The van der Waals surface area contributed by atoms with Crippen molar-refractivity contribution < 1.29 is 14.7 Å². The fraction of sp³-hybridized carbons (Fsp3) is 0.583. The molecule has 98 valence electrons. The van der Waals surface area contributed by atoms with E-state index < -0.39 is 5.97 Å². The van der Waals surface area contributed by atoms with E-state index in [-0.39, 0.29) is 17.5 Å². The van der Waals surface area contributed by atoms with Crippen molar-refractivity contribution in [2.45, 2.75) is 26.2 Å². The molecule has 1 heterocycles. The molecule has 1 saturated carbocycles. The predicted molar refractivity (Wildman–Crippen MR) is 65.5 cm³/mol. The lowest BCUT2D eigenvalue weighted by Gasteiger charge is -2.21. The van der Waals surface area contributed by atoms with Gasteiger partial charge in [0.05, 0.1) is 5.69 Å². The summed E-state index contributed by atoms with van der Waals surface area (Å²) >= 11 is 0. The summed E-state index contributed by atoms with van der Waals surface area (Å²) in [7, 11) is 1.65. The van der Waals surface area contributed by atoms with Gasteiger partial charge >= 0.3 is 5.97 Å². The molecule has 0 spiro atoms. The molecule has 0 aromatic carbocycles. The van der Waals surface area contributed by atoms with E-state index >= 15 is 0 Å². The van der Waals surface area contributed by atoms with Gasteiger partial charge in [0, 0.05) is 25.7 Å². The number of nitrogens with zero attached hydrogens (tertiary/aromatic N) is 3. The molecule has 1 aromatic heterocycles. The predicted octanol–water partition coefficient (Wildman–Crippen LogP) is 1.27. The van der Waals surface area contributed by atoms with E-state index in [1.165, 1.54) is 4.68 Å². The molecule has 6 heteroatoms. The number of anilines is 1. The molecular weight excluding hydrogens is 234 g/mol. The third-order valence-corrected chi connectivity index (χ3v) is 2.94. The van der Waals surface area contributed by atoms with E-state index in [1.807, 2.05) is 6.92 Å². The Balaban J connectivity index is 2.34. The van der Waals surface area contributed by atoms with Gasteiger partial charge in [-0.1, -0.05) is 6.92 Å². The minimum absolute atomic E-state index is 0.0207. The number of carbonyl (C=O) groups excluding carboxylic acids is 1. The highest BCUT2D eigenvalue weighted by atomic mass is 16.4. The molecule has 0 atom stereocenters. The smallest absolute Gasteiger partial charge is 0.358 e. The summed E-state index contributed by atoms with van der Waals surface area (Å²) in [6.07, 6.45) is 4.19. The standard InChI is InChI=1S/C12H17N3O3/c1-3-6-15(11(16)8-4-5-8)9-7-14(2)13-10(9)12(17)18/h7-8H,3-6H2,1-2H3,(H,17,18). The van der Waals surface area contributed by atoms with Crippen molar-refractivity contribution in [2.24, 2.45) is 13.0 Å². The highest BCUT2D eigenvalue weighted by molar-refractivity contribution is 6.02. The van der Waals surface area contributed by atoms with Crippen LogP contribution in [-0.4, -0.2) is 33.3 Å². The van der Waals surface area contributed by atoms with E-state index in [2.05, 4.69) is 5.10 Å². The van der Waals surface area contributed by atoms with Crippen LogP contribution in [0.25, 0.3) is 0 Å². The number of carbonyl (C=O) groups is 2. The van der Waals surface area contributed by atoms with Crippen LogP contribution in [0.15, 0.2) is 6.20 Å². The number of aryl methyl sites for hydroxylation is 1.